The Kier molecular flexibility index (Phi) is 5.29. The van der Waals surface area contributed by atoms with Crippen LogP contribution in [0.15, 0.2) is 57.8 Å². The predicted molar refractivity (Wildman–Crippen MR) is 112 cm³/mol. The van der Waals surface area contributed by atoms with Gasteiger partial charge in [0, 0.05) is 31.3 Å². The normalized spacial score (nSPS) is 19.2. The third kappa shape index (κ3) is 3.68. The number of hydrogen-bond acceptors (Lipinski definition) is 5. The first-order chi connectivity index (χ1) is 14.4. The number of nitrogens with zero attached hydrogens (tertiary/aromatic N) is 2. The zero-order valence-corrected chi connectivity index (χ0v) is 17.3. The molecule has 0 unspecified atom stereocenters. The van der Waals surface area contributed by atoms with Gasteiger partial charge in [0.15, 0.2) is 5.84 Å². The zero-order valence-electron chi connectivity index (χ0n) is 16.5. The second-order valence-corrected chi connectivity index (χ2v) is 8.81. The number of amides is 2. The number of nitrogens with one attached hydrogen (secondary N) is 2. The summed E-state index contributed by atoms with van der Waals surface area (Å²) in [5.41, 5.74) is 1.87. The number of benzene rings is 2. The molecule has 1 saturated heterocycles. The van der Waals surface area contributed by atoms with Gasteiger partial charge in [-0.3, -0.25) is 9.59 Å². The van der Waals surface area contributed by atoms with E-state index in [0.717, 1.165) is 12.0 Å². The minimum Gasteiger partial charge on any atom is -0.355 e. The molecule has 2 aromatic rings. The maximum atomic E-state index is 12.9. The van der Waals surface area contributed by atoms with E-state index >= 15 is 0 Å². The lowest BCUT2D eigenvalue weighted by molar-refractivity contribution is -0.124. The SMILES string of the molecule is CNC(=O)c1cccc(CNC(=O)[C@@H]2CCCN2C2=NS(=O)(=O)c3ccccc32)c1. The van der Waals surface area contributed by atoms with Gasteiger partial charge in [-0.05, 0) is 42.7 Å². The lowest BCUT2D eigenvalue weighted by Gasteiger charge is -2.25. The van der Waals surface area contributed by atoms with Crippen LogP contribution in [0.2, 0.25) is 0 Å². The molecule has 2 N–H and O–H groups in total. The van der Waals surface area contributed by atoms with Crippen LogP contribution in [0.5, 0.6) is 0 Å². The molecule has 0 spiro atoms. The monoisotopic (exact) mass is 426 g/mol. The van der Waals surface area contributed by atoms with Gasteiger partial charge in [0.25, 0.3) is 15.9 Å². The lowest BCUT2D eigenvalue weighted by Crippen LogP contribution is -2.45. The quantitative estimate of drug-likeness (QED) is 0.766. The Morgan fingerprint density at radius 3 is 2.77 bits per heavy atom. The summed E-state index contributed by atoms with van der Waals surface area (Å²) in [6, 6.07) is 13.2. The minimum absolute atomic E-state index is 0.178. The van der Waals surface area contributed by atoms with Crippen molar-refractivity contribution in [2.75, 3.05) is 13.6 Å². The van der Waals surface area contributed by atoms with Crippen molar-refractivity contribution in [3.63, 3.8) is 0 Å². The molecule has 0 aliphatic carbocycles. The highest BCUT2D eigenvalue weighted by Crippen LogP contribution is 2.31. The molecule has 1 atom stereocenters. The van der Waals surface area contributed by atoms with Gasteiger partial charge in [0.05, 0.1) is 0 Å². The molecule has 8 nitrogen and oxygen atoms in total. The van der Waals surface area contributed by atoms with Gasteiger partial charge in [-0.1, -0.05) is 24.3 Å². The van der Waals surface area contributed by atoms with Crippen molar-refractivity contribution in [2.24, 2.45) is 4.40 Å². The molecule has 0 bridgehead atoms. The maximum Gasteiger partial charge on any atom is 0.285 e. The average Bonchev–Trinajstić information content (AvgIpc) is 3.34. The third-order valence-electron chi connectivity index (χ3n) is 5.32. The Hall–Kier alpha value is -3.20. The summed E-state index contributed by atoms with van der Waals surface area (Å²) in [7, 11) is -2.17. The smallest absolute Gasteiger partial charge is 0.285 e. The molecule has 30 heavy (non-hydrogen) atoms. The highest BCUT2D eigenvalue weighted by Gasteiger charge is 2.39. The van der Waals surface area contributed by atoms with Crippen LogP contribution in [0.3, 0.4) is 0 Å². The molecule has 1 fully saturated rings. The number of likely N-dealkylation sites (tertiary alicyclic amines) is 1. The molecule has 156 valence electrons. The fourth-order valence-electron chi connectivity index (χ4n) is 3.86. The summed E-state index contributed by atoms with van der Waals surface area (Å²) in [6.07, 6.45) is 1.39. The fraction of sp³-hybridized carbons (Fsp3) is 0.286. The molecule has 2 heterocycles. The van der Waals surface area contributed by atoms with Crippen LogP contribution in [0.4, 0.5) is 0 Å². The summed E-state index contributed by atoms with van der Waals surface area (Å²) in [6.45, 7) is 0.836. The molecular formula is C21H22N4O4S. The molecule has 4 rings (SSSR count). The van der Waals surface area contributed by atoms with E-state index in [4.69, 9.17) is 0 Å². The van der Waals surface area contributed by atoms with Crippen molar-refractivity contribution in [3.8, 4) is 0 Å². The van der Waals surface area contributed by atoms with E-state index in [9.17, 15) is 18.0 Å². The topological polar surface area (TPSA) is 108 Å². The van der Waals surface area contributed by atoms with E-state index in [1.54, 1.807) is 48.3 Å². The molecule has 2 aliphatic heterocycles. The van der Waals surface area contributed by atoms with Crippen molar-refractivity contribution in [2.45, 2.75) is 30.3 Å². The van der Waals surface area contributed by atoms with Crippen molar-refractivity contribution < 1.29 is 18.0 Å². The molecule has 2 aliphatic rings. The van der Waals surface area contributed by atoms with E-state index in [1.165, 1.54) is 6.07 Å². The Bertz CT molecular complexity index is 1140. The Morgan fingerprint density at radius 2 is 1.97 bits per heavy atom. The molecule has 9 heteroatoms. The number of hydrogen-bond donors (Lipinski definition) is 2. The Balaban J connectivity index is 1.50. The summed E-state index contributed by atoms with van der Waals surface area (Å²) in [5.74, 6) is -0.0450. The zero-order chi connectivity index (χ0) is 21.3. The third-order valence-corrected chi connectivity index (χ3v) is 6.65. The molecular weight excluding hydrogens is 404 g/mol. The number of amidine groups is 1. The van der Waals surface area contributed by atoms with Crippen molar-refractivity contribution >= 4 is 27.7 Å². The van der Waals surface area contributed by atoms with Gasteiger partial charge in [-0.2, -0.15) is 8.42 Å². The fourth-order valence-corrected chi connectivity index (χ4v) is 5.08. The van der Waals surface area contributed by atoms with E-state index in [2.05, 4.69) is 15.0 Å². The summed E-state index contributed by atoms with van der Waals surface area (Å²) in [5, 5.41) is 5.48. The standard InChI is InChI=1S/C21H22N4O4S/c1-22-20(26)15-7-4-6-14(12-15)13-23-21(27)17-9-5-11-25(17)19-16-8-2-3-10-18(16)30(28,29)24-19/h2-4,6-8,10,12,17H,5,9,11,13H2,1H3,(H,22,26)(H,23,27)/t17-/m0/s1. The van der Waals surface area contributed by atoms with E-state index in [-0.39, 0.29) is 23.3 Å². The van der Waals surface area contributed by atoms with Crippen LogP contribution in [0, 0.1) is 0 Å². The van der Waals surface area contributed by atoms with Crippen molar-refractivity contribution in [1.82, 2.24) is 15.5 Å². The number of carbonyl (C=O) groups is 2. The average molecular weight is 426 g/mol. The second kappa shape index (κ2) is 7.91. The maximum absolute atomic E-state index is 12.9. The van der Waals surface area contributed by atoms with E-state index in [1.807, 2.05) is 6.07 Å². The van der Waals surface area contributed by atoms with Gasteiger partial charge >= 0.3 is 0 Å². The van der Waals surface area contributed by atoms with Crippen LogP contribution in [-0.4, -0.2) is 50.6 Å². The van der Waals surface area contributed by atoms with Crippen molar-refractivity contribution in [3.05, 3.63) is 65.2 Å². The van der Waals surface area contributed by atoms with Crippen molar-refractivity contribution in [1.29, 1.82) is 0 Å². The van der Waals surface area contributed by atoms with Gasteiger partial charge in [-0.25, -0.2) is 0 Å². The first-order valence-electron chi connectivity index (χ1n) is 9.70. The number of fused-ring (bicyclic) bond motifs is 1. The van der Waals surface area contributed by atoms with Crippen LogP contribution in [0.1, 0.15) is 34.3 Å². The predicted octanol–water partition coefficient (Wildman–Crippen LogP) is 1.28. The first-order valence-corrected chi connectivity index (χ1v) is 11.1. The van der Waals surface area contributed by atoms with Gasteiger partial charge in [0.1, 0.15) is 10.9 Å². The van der Waals surface area contributed by atoms with E-state index < -0.39 is 16.1 Å². The van der Waals surface area contributed by atoms with Gasteiger partial charge in [0.2, 0.25) is 5.91 Å². The minimum atomic E-state index is -3.74. The Morgan fingerprint density at radius 1 is 1.17 bits per heavy atom. The van der Waals surface area contributed by atoms with Crippen LogP contribution >= 0.6 is 0 Å². The van der Waals surface area contributed by atoms with Crippen LogP contribution in [0.25, 0.3) is 0 Å². The highest BCUT2D eigenvalue weighted by atomic mass is 32.2. The lowest BCUT2D eigenvalue weighted by atomic mass is 10.1. The van der Waals surface area contributed by atoms with Crippen LogP contribution in [-0.2, 0) is 21.4 Å². The van der Waals surface area contributed by atoms with E-state index in [0.29, 0.717) is 29.9 Å². The van der Waals surface area contributed by atoms with Crippen LogP contribution < -0.4 is 10.6 Å². The van der Waals surface area contributed by atoms with Gasteiger partial charge in [-0.15, -0.1) is 4.40 Å². The number of rotatable bonds is 4. The highest BCUT2D eigenvalue weighted by molar-refractivity contribution is 7.90. The largest absolute Gasteiger partial charge is 0.355 e. The number of carbonyl (C=O) groups excluding carboxylic acids is 2. The Labute approximate surface area is 175 Å². The summed E-state index contributed by atoms with van der Waals surface area (Å²) >= 11 is 0. The molecule has 0 radical (unpaired) electrons. The number of sulfonamides is 1. The molecule has 0 saturated carbocycles. The summed E-state index contributed by atoms with van der Waals surface area (Å²) in [4.78, 5) is 26.6. The summed E-state index contributed by atoms with van der Waals surface area (Å²) < 4.78 is 28.7. The molecule has 2 aromatic carbocycles. The molecule has 2 amide bonds. The first kappa shape index (κ1) is 20.1. The molecule has 0 aromatic heterocycles. The second-order valence-electron chi connectivity index (χ2n) is 7.23. The van der Waals surface area contributed by atoms with Gasteiger partial charge < -0.3 is 15.5 Å².